The number of fused-ring (bicyclic) bond motifs is 1. The van der Waals surface area contributed by atoms with Crippen molar-refractivity contribution >= 4 is 11.8 Å². The van der Waals surface area contributed by atoms with Gasteiger partial charge in [0.05, 0.1) is 6.54 Å². The normalized spacial score (nSPS) is 25.3. The number of carbonyl (C=O) groups excluding carboxylic acids is 2. The van der Waals surface area contributed by atoms with E-state index >= 15 is 0 Å². The molecule has 1 aromatic rings. The van der Waals surface area contributed by atoms with Crippen LogP contribution in [0.3, 0.4) is 0 Å². The Kier molecular flexibility index (Phi) is 4.31. The minimum Gasteiger partial charge on any atom is -0.315 e. The first-order valence-electron chi connectivity index (χ1n) is 7.58. The van der Waals surface area contributed by atoms with Gasteiger partial charge in [0.2, 0.25) is 5.91 Å². The molecule has 1 aromatic carbocycles. The quantitative estimate of drug-likeness (QED) is 0.856. The third kappa shape index (κ3) is 3.31. The van der Waals surface area contributed by atoms with Gasteiger partial charge >= 0.3 is 0 Å². The highest BCUT2D eigenvalue weighted by Crippen LogP contribution is 2.25. The highest BCUT2D eigenvalue weighted by Gasteiger charge is 2.35. The number of rotatable bonds is 3. The molecule has 0 spiro atoms. The summed E-state index contributed by atoms with van der Waals surface area (Å²) < 4.78 is 0. The van der Waals surface area contributed by atoms with E-state index in [-0.39, 0.29) is 11.8 Å². The summed E-state index contributed by atoms with van der Waals surface area (Å²) in [6.07, 6.45) is 2.36. The van der Waals surface area contributed by atoms with E-state index in [1.165, 1.54) is 6.42 Å². The predicted molar refractivity (Wildman–Crippen MR) is 79.9 cm³/mol. The van der Waals surface area contributed by atoms with Crippen molar-refractivity contribution < 1.29 is 9.59 Å². The molecule has 2 fully saturated rings. The summed E-state index contributed by atoms with van der Waals surface area (Å²) in [7, 11) is 0. The second kappa shape index (κ2) is 6.37. The number of benzene rings is 1. The summed E-state index contributed by atoms with van der Waals surface area (Å²) in [4.78, 5) is 26.3. The number of nitrogens with one attached hydrogen (secondary N) is 2. The van der Waals surface area contributed by atoms with E-state index in [4.69, 9.17) is 0 Å². The maximum Gasteiger partial charge on any atom is 0.257 e. The van der Waals surface area contributed by atoms with Crippen molar-refractivity contribution in [3.05, 3.63) is 35.9 Å². The van der Waals surface area contributed by atoms with Gasteiger partial charge in [-0.05, 0) is 44.0 Å². The molecule has 2 atom stereocenters. The van der Waals surface area contributed by atoms with Gasteiger partial charge in [0.25, 0.3) is 5.91 Å². The Balaban J connectivity index is 1.55. The number of hydrogen-bond donors (Lipinski definition) is 2. The third-order valence-corrected chi connectivity index (χ3v) is 4.43. The van der Waals surface area contributed by atoms with Crippen molar-refractivity contribution in [1.29, 1.82) is 0 Å². The van der Waals surface area contributed by atoms with Crippen molar-refractivity contribution in [2.45, 2.75) is 18.9 Å². The summed E-state index contributed by atoms with van der Waals surface area (Å²) in [5.41, 5.74) is 0.518. The highest BCUT2D eigenvalue weighted by molar-refractivity contribution is 6.05. The summed E-state index contributed by atoms with van der Waals surface area (Å²) in [6, 6.07) is 9.29. The zero-order valence-corrected chi connectivity index (χ0v) is 12.0. The highest BCUT2D eigenvalue weighted by atomic mass is 16.2. The van der Waals surface area contributed by atoms with Gasteiger partial charge in [-0.2, -0.15) is 0 Å². The Labute approximate surface area is 124 Å². The van der Waals surface area contributed by atoms with E-state index in [2.05, 4.69) is 15.5 Å². The van der Waals surface area contributed by atoms with Crippen LogP contribution in [0.4, 0.5) is 0 Å². The van der Waals surface area contributed by atoms with Gasteiger partial charge in [0.1, 0.15) is 0 Å². The fourth-order valence-electron chi connectivity index (χ4n) is 3.37. The monoisotopic (exact) mass is 287 g/mol. The number of nitrogens with zero attached hydrogens (tertiary/aromatic N) is 1. The molecule has 5 heteroatoms. The van der Waals surface area contributed by atoms with Crippen LogP contribution in [0.1, 0.15) is 23.2 Å². The summed E-state index contributed by atoms with van der Waals surface area (Å²) in [5, 5.41) is 5.88. The second-order valence-corrected chi connectivity index (χ2v) is 5.84. The summed E-state index contributed by atoms with van der Waals surface area (Å²) in [5.74, 6) is 0.117. The maximum absolute atomic E-state index is 12.1. The number of amides is 2. The lowest BCUT2D eigenvalue weighted by Gasteiger charge is -2.36. The predicted octanol–water partition coefficient (Wildman–Crippen LogP) is 0.627. The van der Waals surface area contributed by atoms with E-state index in [0.29, 0.717) is 24.1 Å². The average molecular weight is 287 g/mol. The molecule has 2 aliphatic rings. The molecule has 5 nitrogen and oxygen atoms in total. The van der Waals surface area contributed by atoms with Crippen LogP contribution in [-0.4, -0.2) is 48.9 Å². The minimum atomic E-state index is -0.321. The van der Waals surface area contributed by atoms with Gasteiger partial charge in [-0.3, -0.25) is 19.8 Å². The first-order valence-corrected chi connectivity index (χ1v) is 7.58. The molecular formula is C16H21N3O2. The van der Waals surface area contributed by atoms with Crippen LogP contribution in [0.15, 0.2) is 30.3 Å². The van der Waals surface area contributed by atoms with E-state index in [1.807, 2.05) is 6.07 Å². The Hall–Kier alpha value is -1.72. The lowest BCUT2D eigenvalue weighted by molar-refractivity contribution is -0.122. The van der Waals surface area contributed by atoms with Gasteiger partial charge in [-0.15, -0.1) is 0 Å². The number of hydrogen-bond acceptors (Lipinski definition) is 4. The fraction of sp³-hybridized carbons (Fsp3) is 0.500. The Morgan fingerprint density at radius 3 is 2.86 bits per heavy atom. The summed E-state index contributed by atoms with van der Waals surface area (Å²) >= 11 is 0. The van der Waals surface area contributed by atoms with Crippen LogP contribution >= 0.6 is 0 Å². The second-order valence-electron chi connectivity index (χ2n) is 5.84. The van der Waals surface area contributed by atoms with Crippen molar-refractivity contribution in [2.24, 2.45) is 5.92 Å². The molecule has 0 saturated carbocycles. The molecule has 3 rings (SSSR count). The molecule has 0 aliphatic carbocycles. The first kappa shape index (κ1) is 14.2. The molecule has 2 aliphatic heterocycles. The zero-order valence-electron chi connectivity index (χ0n) is 12.0. The standard InChI is InChI=1S/C16H21N3O2/c20-15(18-16(21)12-5-2-1-3-6-12)11-19-8-4-7-13-9-17-10-14(13)19/h1-3,5-6,13-14,17H,4,7-11H2,(H,18,20,21). The molecule has 0 aromatic heterocycles. The minimum absolute atomic E-state index is 0.212. The number of likely N-dealkylation sites (tertiary alicyclic amines) is 1. The fourth-order valence-corrected chi connectivity index (χ4v) is 3.37. The van der Waals surface area contributed by atoms with Crippen molar-refractivity contribution in [3.63, 3.8) is 0 Å². The van der Waals surface area contributed by atoms with Crippen molar-refractivity contribution in [3.8, 4) is 0 Å². The molecule has 0 bridgehead atoms. The molecule has 0 radical (unpaired) electrons. The lowest BCUT2D eigenvalue weighted by atomic mass is 9.92. The van der Waals surface area contributed by atoms with Crippen LogP contribution in [0, 0.1) is 5.92 Å². The van der Waals surface area contributed by atoms with E-state index in [1.54, 1.807) is 24.3 Å². The van der Waals surface area contributed by atoms with Crippen LogP contribution in [-0.2, 0) is 4.79 Å². The molecule has 2 amide bonds. The van der Waals surface area contributed by atoms with Crippen LogP contribution in [0.5, 0.6) is 0 Å². The van der Waals surface area contributed by atoms with Crippen molar-refractivity contribution in [1.82, 2.24) is 15.5 Å². The van der Waals surface area contributed by atoms with E-state index < -0.39 is 0 Å². The first-order chi connectivity index (χ1) is 10.2. The molecular weight excluding hydrogens is 266 g/mol. The smallest absolute Gasteiger partial charge is 0.257 e. The van der Waals surface area contributed by atoms with Gasteiger partial charge in [0, 0.05) is 18.2 Å². The third-order valence-electron chi connectivity index (χ3n) is 4.43. The average Bonchev–Trinajstić information content (AvgIpc) is 2.97. The molecule has 2 heterocycles. The molecule has 2 N–H and O–H groups in total. The molecule has 2 saturated heterocycles. The van der Waals surface area contributed by atoms with Crippen molar-refractivity contribution in [2.75, 3.05) is 26.2 Å². The van der Waals surface area contributed by atoms with Crippen LogP contribution in [0.2, 0.25) is 0 Å². The molecule has 2 unspecified atom stereocenters. The van der Waals surface area contributed by atoms with Gasteiger partial charge in [0.15, 0.2) is 0 Å². The SMILES string of the molecule is O=C(CN1CCCC2CNCC21)NC(=O)c1ccccc1. The zero-order chi connectivity index (χ0) is 14.7. The van der Waals surface area contributed by atoms with E-state index in [9.17, 15) is 9.59 Å². The largest absolute Gasteiger partial charge is 0.315 e. The summed E-state index contributed by atoms with van der Waals surface area (Å²) in [6.45, 7) is 3.24. The van der Waals surface area contributed by atoms with Gasteiger partial charge in [-0.25, -0.2) is 0 Å². The number of piperidine rings is 1. The molecule has 21 heavy (non-hydrogen) atoms. The Morgan fingerprint density at radius 2 is 2.05 bits per heavy atom. The topological polar surface area (TPSA) is 61.4 Å². The lowest BCUT2D eigenvalue weighted by Crippen LogP contribution is -2.50. The van der Waals surface area contributed by atoms with Gasteiger partial charge in [-0.1, -0.05) is 18.2 Å². The molecule has 112 valence electrons. The van der Waals surface area contributed by atoms with E-state index in [0.717, 1.165) is 26.1 Å². The van der Waals surface area contributed by atoms with Crippen LogP contribution in [0.25, 0.3) is 0 Å². The maximum atomic E-state index is 12.1. The Bertz CT molecular complexity index is 518. The van der Waals surface area contributed by atoms with Gasteiger partial charge < -0.3 is 5.32 Å². The Morgan fingerprint density at radius 1 is 1.24 bits per heavy atom. The van der Waals surface area contributed by atoms with Crippen LogP contribution < -0.4 is 10.6 Å². The number of carbonyl (C=O) groups is 2. The number of imide groups is 1.